The molecule has 0 spiro atoms. The molecule has 1 N–H and O–H groups in total. The minimum atomic E-state index is 0.426. The third-order valence-electron chi connectivity index (χ3n) is 8.02. The van der Waals surface area contributed by atoms with Crippen molar-refractivity contribution >= 4 is 39.1 Å². The van der Waals surface area contributed by atoms with Gasteiger partial charge in [-0.25, -0.2) is 0 Å². The lowest BCUT2D eigenvalue weighted by Crippen LogP contribution is -2.54. The molecule has 166 valence electrons. The van der Waals surface area contributed by atoms with E-state index in [1.165, 1.54) is 44.1 Å². The zero-order valence-electron chi connectivity index (χ0n) is 18.0. The van der Waals surface area contributed by atoms with E-state index in [4.69, 9.17) is 27.9 Å². The summed E-state index contributed by atoms with van der Waals surface area (Å²) in [6.45, 7) is 3.65. The van der Waals surface area contributed by atoms with Gasteiger partial charge in [0.05, 0.1) is 0 Å². The summed E-state index contributed by atoms with van der Waals surface area (Å²) in [6.07, 6.45) is 8.73. The van der Waals surface area contributed by atoms with E-state index in [1.54, 1.807) is 6.07 Å². The van der Waals surface area contributed by atoms with Crippen LogP contribution >= 0.6 is 39.1 Å². The monoisotopic (exact) mass is 521 g/mol. The maximum atomic E-state index is 6.33. The van der Waals surface area contributed by atoms with Crippen molar-refractivity contribution in [2.45, 2.75) is 64.6 Å². The van der Waals surface area contributed by atoms with Gasteiger partial charge in [-0.1, -0.05) is 45.2 Å². The number of nitrogens with one attached hydrogen (secondary N) is 1. The van der Waals surface area contributed by atoms with Crippen molar-refractivity contribution < 1.29 is 4.74 Å². The van der Waals surface area contributed by atoms with Gasteiger partial charge in [-0.2, -0.15) is 0 Å². The molecule has 6 rings (SSSR count). The Morgan fingerprint density at radius 3 is 2.32 bits per heavy atom. The molecule has 31 heavy (non-hydrogen) atoms. The van der Waals surface area contributed by atoms with Crippen molar-refractivity contribution in [1.29, 1.82) is 0 Å². The second kappa shape index (κ2) is 8.89. The Labute approximate surface area is 204 Å². The molecular formula is C26H30BrCl2NO. The molecular weight excluding hydrogens is 493 g/mol. The van der Waals surface area contributed by atoms with Crippen LogP contribution in [-0.2, 0) is 13.2 Å². The van der Waals surface area contributed by atoms with Crippen molar-refractivity contribution in [1.82, 2.24) is 5.32 Å². The summed E-state index contributed by atoms with van der Waals surface area (Å²) < 4.78 is 7.26. The predicted molar refractivity (Wildman–Crippen MR) is 132 cm³/mol. The Morgan fingerprint density at radius 2 is 1.68 bits per heavy atom. The fraction of sp³-hybridized carbons (Fsp3) is 0.538. The normalized spacial score (nSPS) is 29.9. The van der Waals surface area contributed by atoms with Crippen LogP contribution in [0.4, 0.5) is 0 Å². The molecule has 4 fully saturated rings. The van der Waals surface area contributed by atoms with Crippen LogP contribution in [0.3, 0.4) is 0 Å². The standard InChI is InChI=1S/C26H30BrCl2NO/c1-16(26-11-17-6-18(12-26)8-19(7-17)13-26)30-14-21-9-22(27)3-5-25(21)31-15-20-2-4-23(28)10-24(20)29/h2-5,9-10,16-19,30H,6-8,11-15H2,1H3. The van der Waals surface area contributed by atoms with E-state index in [1.807, 2.05) is 24.3 Å². The van der Waals surface area contributed by atoms with E-state index >= 15 is 0 Å². The first-order valence-corrected chi connectivity index (χ1v) is 13.0. The number of rotatable bonds is 7. The quantitative estimate of drug-likeness (QED) is 0.397. The number of ether oxygens (including phenoxy) is 1. The SMILES string of the molecule is CC(NCc1cc(Br)ccc1OCc1ccc(Cl)cc1Cl)C12CC3CC(CC(C3)C1)C2. The molecule has 4 bridgehead atoms. The molecule has 0 radical (unpaired) electrons. The van der Waals surface area contributed by atoms with E-state index < -0.39 is 0 Å². The summed E-state index contributed by atoms with van der Waals surface area (Å²) in [5, 5.41) is 5.17. The molecule has 2 aromatic rings. The highest BCUT2D eigenvalue weighted by Crippen LogP contribution is 2.61. The van der Waals surface area contributed by atoms with E-state index in [-0.39, 0.29) is 0 Å². The molecule has 1 unspecified atom stereocenters. The predicted octanol–water partition coefficient (Wildman–Crippen LogP) is 8.03. The Kier molecular flexibility index (Phi) is 6.33. The number of hydrogen-bond donors (Lipinski definition) is 1. The van der Waals surface area contributed by atoms with Crippen molar-refractivity contribution in [3.05, 3.63) is 62.0 Å². The van der Waals surface area contributed by atoms with Gasteiger partial charge in [-0.3, -0.25) is 0 Å². The van der Waals surface area contributed by atoms with Crippen LogP contribution in [0.1, 0.15) is 56.6 Å². The highest BCUT2D eigenvalue weighted by molar-refractivity contribution is 9.10. The summed E-state index contributed by atoms with van der Waals surface area (Å²) in [4.78, 5) is 0. The molecule has 4 aliphatic rings. The van der Waals surface area contributed by atoms with E-state index in [0.29, 0.717) is 28.1 Å². The summed E-state index contributed by atoms with van der Waals surface area (Å²) in [5.74, 6) is 3.83. The molecule has 0 saturated heterocycles. The van der Waals surface area contributed by atoms with Gasteiger partial charge in [0.2, 0.25) is 0 Å². The van der Waals surface area contributed by atoms with Crippen LogP contribution < -0.4 is 10.1 Å². The largest absolute Gasteiger partial charge is 0.489 e. The lowest BCUT2D eigenvalue weighted by Gasteiger charge is -2.59. The molecule has 4 saturated carbocycles. The molecule has 4 aliphatic carbocycles. The Hall–Kier alpha value is -0.740. The summed E-state index contributed by atoms with van der Waals surface area (Å²) in [5.41, 5.74) is 2.62. The fourth-order valence-electron chi connectivity index (χ4n) is 6.81. The van der Waals surface area contributed by atoms with E-state index in [0.717, 1.165) is 40.1 Å². The van der Waals surface area contributed by atoms with Crippen LogP contribution in [-0.4, -0.2) is 6.04 Å². The van der Waals surface area contributed by atoms with Gasteiger partial charge in [0.25, 0.3) is 0 Å². The number of benzene rings is 2. The minimum absolute atomic E-state index is 0.426. The fourth-order valence-corrected chi connectivity index (χ4v) is 7.68. The van der Waals surface area contributed by atoms with E-state index in [2.05, 4.69) is 34.2 Å². The first-order chi connectivity index (χ1) is 14.9. The van der Waals surface area contributed by atoms with Gasteiger partial charge < -0.3 is 10.1 Å². The topological polar surface area (TPSA) is 21.3 Å². The molecule has 1 atom stereocenters. The highest BCUT2D eigenvalue weighted by atomic mass is 79.9. The van der Waals surface area contributed by atoms with Crippen molar-refractivity contribution in [3.63, 3.8) is 0 Å². The minimum Gasteiger partial charge on any atom is -0.489 e. The van der Waals surface area contributed by atoms with Crippen LogP contribution in [0.15, 0.2) is 40.9 Å². The lowest BCUT2D eigenvalue weighted by atomic mass is 9.48. The van der Waals surface area contributed by atoms with Gasteiger partial charge in [-0.15, -0.1) is 0 Å². The van der Waals surface area contributed by atoms with Crippen LogP contribution in [0.2, 0.25) is 10.0 Å². The highest BCUT2D eigenvalue weighted by Gasteiger charge is 2.52. The maximum absolute atomic E-state index is 6.33. The van der Waals surface area contributed by atoms with Gasteiger partial charge in [0.1, 0.15) is 12.4 Å². The van der Waals surface area contributed by atoms with Crippen LogP contribution in [0.5, 0.6) is 5.75 Å². The molecule has 0 heterocycles. The Balaban J connectivity index is 1.26. The van der Waals surface area contributed by atoms with Gasteiger partial charge in [-0.05, 0) is 98.9 Å². The zero-order valence-corrected chi connectivity index (χ0v) is 21.1. The summed E-state index contributed by atoms with van der Waals surface area (Å²) in [7, 11) is 0. The van der Waals surface area contributed by atoms with Gasteiger partial charge in [0.15, 0.2) is 0 Å². The molecule has 0 amide bonds. The zero-order chi connectivity index (χ0) is 21.6. The second-order valence-electron chi connectivity index (χ2n) is 10.2. The lowest BCUT2D eigenvalue weighted by molar-refractivity contribution is -0.0706. The van der Waals surface area contributed by atoms with Crippen molar-refractivity contribution in [2.24, 2.45) is 23.2 Å². The smallest absolute Gasteiger partial charge is 0.124 e. The number of halogens is 3. The molecule has 0 aliphatic heterocycles. The number of hydrogen-bond acceptors (Lipinski definition) is 2. The first kappa shape index (κ1) is 22.1. The first-order valence-electron chi connectivity index (χ1n) is 11.5. The Bertz CT molecular complexity index is 927. The van der Waals surface area contributed by atoms with Crippen LogP contribution in [0.25, 0.3) is 0 Å². The maximum Gasteiger partial charge on any atom is 0.124 e. The third-order valence-corrected chi connectivity index (χ3v) is 9.10. The van der Waals surface area contributed by atoms with Crippen molar-refractivity contribution in [2.75, 3.05) is 0 Å². The average molecular weight is 523 g/mol. The van der Waals surface area contributed by atoms with Gasteiger partial charge in [0, 0.05) is 38.2 Å². The molecule has 5 heteroatoms. The molecule has 2 aromatic carbocycles. The third kappa shape index (κ3) is 4.67. The van der Waals surface area contributed by atoms with Crippen LogP contribution in [0, 0.1) is 23.2 Å². The summed E-state index contributed by atoms with van der Waals surface area (Å²) in [6, 6.07) is 12.3. The molecule has 2 nitrogen and oxygen atoms in total. The van der Waals surface area contributed by atoms with Crippen molar-refractivity contribution in [3.8, 4) is 5.75 Å². The molecule has 0 aromatic heterocycles. The second-order valence-corrected chi connectivity index (χ2v) is 11.9. The van der Waals surface area contributed by atoms with E-state index in [9.17, 15) is 0 Å². The average Bonchev–Trinajstić information content (AvgIpc) is 2.71. The van der Waals surface area contributed by atoms with Gasteiger partial charge >= 0.3 is 0 Å². The summed E-state index contributed by atoms with van der Waals surface area (Å²) >= 11 is 16.0. The Morgan fingerprint density at radius 1 is 1.00 bits per heavy atom.